The lowest BCUT2D eigenvalue weighted by Crippen LogP contribution is -2.28. The van der Waals surface area contributed by atoms with Gasteiger partial charge in [0.1, 0.15) is 0 Å². The van der Waals surface area contributed by atoms with Crippen molar-refractivity contribution in [1.29, 1.82) is 0 Å². The highest BCUT2D eigenvalue weighted by Gasteiger charge is 2.10. The Labute approximate surface area is 129 Å². The first-order valence-corrected chi connectivity index (χ1v) is 7.77. The summed E-state index contributed by atoms with van der Waals surface area (Å²) in [7, 11) is 0. The fraction of sp³-hybridized carbons (Fsp3) is 0.200. The quantitative estimate of drug-likeness (QED) is 0.555. The van der Waals surface area contributed by atoms with Gasteiger partial charge >= 0.3 is 0 Å². The van der Waals surface area contributed by atoms with Gasteiger partial charge in [0.25, 0.3) is 0 Å². The first-order valence-electron chi connectivity index (χ1n) is 7.77. The molecule has 0 saturated carbocycles. The Morgan fingerprint density at radius 3 is 2.23 bits per heavy atom. The molecule has 0 amide bonds. The highest BCUT2D eigenvalue weighted by molar-refractivity contribution is 6.23. The molecule has 4 aromatic carbocycles. The van der Waals surface area contributed by atoms with Crippen LogP contribution < -0.4 is 5.32 Å². The van der Waals surface area contributed by atoms with Crippen LogP contribution in [0.1, 0.15) is 12.5 Å². The van der Waals surface area contributed by atoms with Crippen molar-refractivity contribution in [2.45, 2.75) is 19.5 Å². The van der Waals surface area contributed by atoms with Crippen molar-refractivity contribution >= 4 is 32.3 Å². The molecule has 2 N–H and O–H groups in total. The molecule has 2 nitrogen and oxygen atoms in total. The van der Waals surface area contributed by atoms with Crippen molar-refractivity contribution in [3.8, 4) is 0 Å². The maximum absolute atomic E-state index is 9.19. The molecule has 0 aliphatic rings. The van der Waals surface area contributed by atoms with Crippen molar-refractivity contribution in [3.63, 3.8) is 0 Å². The first-order chi connectivity index (χ1) is 10.8. The van der Waals surface area contributed by atoms with E-state index >= 15 is 0 Å². The SMILES string of the molecule is C[C@H](CO)NCc1ccc2ccc3cccc4ccc1c2c34. The molecule has 2 heteroatoms. The molecule has 1 atom stereocenters. The molecular weight excluding hydrogens is 270 g/mol. The van der Waals surface area contributed by atoms with Gasteiger partial charge in [-0.1, -0.05) is 54.6 Å². The number of hydrogen-bond donors (Lipinski definition) is 2. The smallest absolute Gasteiger partial charge is 0.0582 e. The van der Waals surface area contributed by atoms with E-state index in [-0.39, 0.29) is 12.6 Å². The minimum absolute atomic E-state index is 0.110. The van der Waals surface area contributed by atoms with E-state index in [2.05, 4.69) is 59.9 Å². The topological polar surface area (TPSA) is 32.3 Å². The van der Waals surface area contributed by atoms with E-state index in [9.17, 15) is 5.11 Å². The van der Waals surface area contributed by atoms with Crippen LogP contribution >= 0.6 is 0 Å². The summed E-state index contributed by atoms with van der Waals surface area (Å²) in [6.45, 7) is 2.93. The average molecular weight is 289 g/mol. The van der Waals surface area contributed by atoms with Crippen molar-refractivity contribution in [1.82, 2.24) is 5.32 Å². The summed E-state index contributed by atoms with van der Waals surface area (Å²) in [4.78, 5) is 0. The molecule has 4 rings (SSSR count). The van der Waals surface area contributed by atoms with E-state index in [1.54, 1.807) is 0 Å². The van der Waals surface area contributed by atoms with Gasteiger partial charge in [0, 0.05) is 12.6 Å². The molecule has 0 radical (unpaired) electrons. The number of hydrogen-bond acceptors (Lipinski definition) is 2. The fourth-order valence-corrected chi connectivity index (χ4v) is 3.30. The van der Waals surface area contributed by atoms with Gasteiger partial charge in [-0.05, 0) is 44.8 Å². The molecule has 0 aliphatic heterocycles. The largest absolute Gasteiger partial charge is 0.395 e. The molecule has 22 heavy (non-hydrogen) atoms. The van der Waals surface area contributed by atoms with Gasteiger partial charge in [0.2, 0.25) is 0 Å². The second-order valence-corrected chi connectivity index (χ2v) is 6.05. The Bertz CT molecular complexity index is 928. The monoisotopic (exact) mass is 289 g/mol. The lowest BCUT2D eigenvalue weighted by atomic mass is 9.92. The standard InChI is InChI=1S/C20H19NO/c1-13(12-22)21-11-17-8-7-16-6-5-14-3-2-4-15-9-10-18(17)20(16)19(14)15/h2-10,13,21-22H,11-12H2,1H3/t13-/m1/s1. The third kappa shape index (κ3) is 2.04. The van der Waals surface area contributed by atoms with Gasteiger partial charge in [-0.25, -0.2) is 0 Å². The molecule has 110 valence electrons. The summed E-state index contributed by atoms with van der Waals surface area (Å²) in [5, 5.41) is 20.5. The predicted octanol–water partition coefficient (Wildman–Crippen LogP) is 4.05. The zero-order valence-electron chi connectivity index (χ0n) is 12.6. The van der Waals surface area contributed by atoms with E-state index in [4.69, 9.17) is 0 Å². The van der Waals surface area contributed by atoms with E-state index < -0.39 is 0 Å². The van der Waals surface area contributed by atoms with E-state index in [1.807, 2.05) is 6.92 Å². The average Bonchev–Trinajstić information content (AvgIpc) is 2.58. The van der Waals surface area contributed by atoms with Crippen LogP contribution in [-0.2, 0) is 6.54 Å². The van der Waals surface area contributed by atoms with Gasteiger partial charge in [-0.3, -0.25) is 0 Å². The lowest BCUT2D eigenvalue weighted by molar-refractivity contribution is 0.251. The maximum atomic E-state index is 9.19. The van der Waals surface area contributed by atoms with Gasteiger partial charge in [-0.2, -0.15) is 0 Å². The summed E-state index contributed by atoms with van der Waals surface area (Å²) in [6, 6.07) is 19.8. The summed E-state index contributed by atoms with van der Waals surface area (Å²) < 4.78 is 0. The van der Waals surface area contributed by atoms with Crippen LogP contribution in [0.25, 0.3) is 32.3 Å². The highest BCUT2D eigenvalue weighted by atomic mass is 16.3. The Balaban J connectivity index is 1.96. The number of rotatable bonds is 4. The number of aliphatic hydroxyl groups is 1. The zero-order chi connectivity index (χ0) is 15.1. The van der Waals surface area contributed by atoms with E-state index in [0.717, 1.165) is 6.54 Å². The summed E-state index contributed by atoms with van der Waals surface area (Å²) >= 11 is 0. The van der Waals surface area contributed by atoms with Crippen LogP contribution in [0.4, 0.5) is 0 Å². The zero-order valence-corrected chi connectivity index (χ0v) is 12.6. The third-order valence-corrected chi connectivity index (χ3v) is 4.53. The minimum Gasteiger partial charge on any atom is -0.395 e. The van der Waals surface area contributed by atoms with Gasteiger partial charge in [-0.15, -0.1) is 0 Å². The number of benzene rings is 4. The molecule has 0 bridgehead atoms. The highest BCUT2D eigenvalue weighted by Crippen LogP contribution is 2.35. The van der Waals surface area contributed by atoms with Crippen LogP contribution in [0.3, 0.4) is 0 Å². The lowest BCUT2D eigenvalue weighted by Gasteiger charge is -2.16. The van der Waals surface area contributed by atoms with Crippen LogP contribution in [0.2, 0.25) is 0 Å². The second-order valence-electron chi connectivity index (χ2n) is 6.05. The molecule has 0 aliphatic carbocycles. The second kappa shape index (κ2) is 5.24. The van der Waals surface area contributed by atoms with Crippen molar-refractivity contribution in [3.05, 3.63) is 60.2 Å². The molecular formula is C20H19NO. The predicted molar refractivity (Wildman–Crippen MR) is 93.5 cm³/mol. The van der Waals surface area contributed by atoms with Crippen LogP contribution in [0, 0.1) is 0 Å². The van der Waals surface area contributed by atoms with Crippen LogP contribution in [-0.4, -0.2) is 17.8 Å². The molecule has 0 spiro atoms. The Morgan fingerprint density at radius 2 is 1.50 bits per heavy atom. The fourth-order valence-electron chi connectivity index (χ4n) is 3.30. The number of aliphatic hydroxyl groups excluding tert-OH is 1. The maximum Gasteiger partial charge on any atom is 0.0582 e. The Hall–Kier alpha value is -2.16. The Kier molecular flexibility index (Phi) is 3.21. The number of nitrogens with one attached hydrogen (secondary N) is 1. The molecule has 0 aromatic heterocycles. The van der Waals surface area contributed by atoms with E-state index in [1.165, 1.54) is 37.9 Å². The molecule has 4 aromatic rings. The third-order valence-electron chi connectivity index (χ3n) is 4.53. The van der Waals surface area contributed by atoms with Crippen molar-refractivity contribution in [2.75, 3.05) is 6.61 Å². The van der Waals surface area contributed by atoms with Gasteiger partial charge in [0.15, 0.2) is 0 Å². The van der Waals surface area contributed by atoms with Gasteiger partial charge < -0.3 is 10.4 Å². The van der Waals surface area contributed by atoms with Crippen LogP contribution in [0.5, 0.6) is 0 Å². The Morgan fingerprint density at radius 1 is 0.864 bits per heavy atom. The van der Waals surface area contributed by atoms with Crippen molar-refractivity contribution < 1.29 is 5.11 Å². The summed E-state index contributed by atoms with van der Waals surface area (Å²) in [5.41, 5.74) is 1.28. The normalized spacial score (nSPS) is 13.4. The first kappa shape index (κ1) is 13.5. The molecule has 0 heterocycles. The molecule has 0 saturated heterocycles. The summed E-state index contributed by atoms with van der Waals surface area (Å²) in [6.07, 6.45) is 0. The van der Waals surface area contributed by atoms with Crippen molar-refractivity contribution in [2.24, 2.45) is 0 Å². The van der Waals surface area contributed by atoms with Gasteiger partial charge in [0.05, 0.1) is 6.61 Å². The molecule has 0 fully saturated rings. The minimum atomic E-state index is 0.110. The molecule has 0 unspecified atom stereocenters. The van der Waals surface area contributed by atoms with E-state index in [0.29, 0.717) is 0 Å². The van der Waals surface area contributed by atoms with Crippen LogP contribution in [0.15, 0.2) is 54.6 Å². The summed E-state index contributed by atoms with van der Waals surface area (Å²) in [5.74, 6) is 0.